The van der Waals surface area contributed by atoms with Crippen LogP contribution in [-0.4, -0.2) is 70.0 Å². The van der Waals surface area contributed by atoms with Gasteiger partial charge in [0.1, 0.15) is 19.8 Å². The standard InChI is InChI=1S/C60H112NO8P/c1-6-8-10-12-14-15-16-17-18-19-20-21-22-23-24-25-26-27-28-29-30-31-32-33-34-35-36-37-38-39-40-41-42-43-44-45-47-49-51-53-60(63)69-58(57-68-70(64,65)67-55-54-61(3,4)5)56-66-59(62)52-50-48-46-13-11-9-7-2/h8,10,14-15,17-18,20-21,58H,6-7,9,11-13,16,19,22-57H2,1-5H3/b10-8-,15-14-,18-17-,21-20-. The Morgan fingerprint density at radius 3 is 1.21 bits per heavy atom. The molecule has 9 nitrogen and oxygen atoms in total. The molecule has 0 radical (unpaired) electrons. The Morgan fingerprint density at radius 1 is 0.457 bits per heavy atom. The second-order valence-corrected chi connectivity index (χ2v) is 22.4. The Labute approximate surface area is 433 Å². The number of carbonyl (C=O) groups is 2. The van der Waals surface area contributed by atoms with Gasteiger partial charge in [0.05, 0.1) is 27.7 Å². The lowest BCUT2D eigenvalue weighted by atomic mass is 10.0. The van der Waals surface area contributed by atoms with Crippen LogP contribution in [-0.2, 0) is 32.7 Å². The van der Waals surface area contributed by atoms with Crippen LogP contribution in [0.4, 0.5) is 0 Å². The topological polar surface area (TPSA) is 111 Å². The smallest absolute Gasteiger partial charge is 0.306 e. The molecular weight excluding hydrogens is 894 g/mol. The van der Waals surface area contributed by atoms with Crippen LogP contribution in [0.3, 0.4) is 0 Å². The molecule has 0 aliphatic heterocycles. The van der Waals surface area contributed by atoms with Crippen LogP contribution in [0.1, 0.15) is 271 Å². The Hall–Kier alpha value is -2.03. The van der Waals surface area contributed by atoms with Crippen LogP contribution in [0.2, 0.25) is 0 Å². The molecule has 0 spiro atoms. The molecule has 410 valence electrons. The number of unbranched alkanes of at least 4 members (excludes halogenated alkanes) is 32. The fraction of sp³-hybridized carbons (Fsp3) is 0.833. The summed E-state index contributed by atoms with van der Waals surface area (Å²) in [7, 11) is 1.18. The first kappa shape index (κ1) is 68.0. The molecule has 0 saturated carbocycles. The summed E-state index contributed by atoms with van der Waals surface area (Å²) >= 11 is 0. The van der Waals surface area contributed by atoms with Gasteiger partial charge in [-0.25, -0.2) is 0 Å². The molecule has 0 aromatic carbocycles. The normalized spacial score (nSPS) is 13.6. The largest absolute Gasteiger partial charge is 0.756 e. The molecule has 0 aliphatic rings. The minimum atomic E-state index is -4.62. The lowest BCUT2D eigenvalue weighted by Gasteiger charge is -2.28. The van der Waals surface area contributed by atoms with E-state index in [0.29, 0.717) is 17.4 Å². The highest BCUT2D eigenvalue weighted by atomic mass is 31.2. The lowest BCUT2D eigenvalue weighted by Crippen LogP contribution is -2.37. The summed E-state index contributed by atoms with van der Waals surface area (Å²) in [5.74, 6) is -0.829. The molecule has 0 heterocycles. The Morgan fingerprint density at radius 2 is 0.814 bits per heavy atom. The van der Waals surface area contributed by atoms with Crippen molar-refractivity contribution in [1.82, 2.24) is 0 Å². The van der Waals surface area contributed by atoms with Crippen molar-refractivity contribution in [1.29, 1.82) is 0 Å². The van der Waals surface area contributed by atoms with Crippen LogP contribution in [0.5, 0.6) is 0 Å². The summed E-state index contributed by atoms with van der Waals surface area (Å²) in [5.41, 5.74) is 0. The number of phosphoric ester groups is 1. The lowest BCUT2D eigenvalue weighted by molar-refractivity contribution is -0.870. The first-order valence-corrected chi connectivity index (χ1v) is 30.8. The predicted molar refractivity (Wildman–Crippen MR) is 296 cm³/mol. The van der Waals surface area contributed by atoms with Crippen LogP contribution in [0, 0.1) is 0 Å². The number of nitrogens with zero attached hydrogens (tertiary/aromatic N) is 1. The van der Waals surface area contributed by atoms with E-state index in [4.69, 9.17) is 18.5 Å². The van der Waals surface area contributed by atoms with Gasteiger partial charge in [0, 0.05) is 12.8 Å². The summed E-state index contributed by atoms with van der Waals surface area (Å²) < 4.78 is 33.9. The maximum Gasteiger partial charge on any atom is 0.306 e. The zero-order valence-corrected chi connectivity index (χ0v) is 47.4. The van der Waals surface area contributed by atoms with E-state index in [1.807, 2.05) is 21.1 Å². The van der Waals surface area contributed by atoms with Crippen molar-refractivity contribution in [2.24, 2.45) is 0 Å². The predicted octanol–water partition coefficient (Wildman–Crippen LogP) is 17.5. The third kappa shape index (κ3) is 55.3. The Kier molecular flexibility index (Phi) is 50.4. The van der Waals surface area contributed by atoms with E-state index in [9.17, 15) is 19.0 Å². The molecule has 0 aromatic rings. The number of rotatable bonds is 54. The Balaban J connectivity index is 3.77. The number of hydrogen-bond donors (Lipinski definition) is 0. The van der Waals surface area contributed by atoms with E-state index >= 15 is 0 Å². The number of carbonyl (C=O) groups excluding carboxylic acids is 2. The maximum atomic E-state index is 12.7. The van der Waals surface area contributed by atoms with Gasteiger partial charge >= 0.3 is 11.9 Å². The first-order chi connectivity index (χ1) is 34.0. The number of ether oxygens (including phenoxy) is 2. The minimum Gasteiger partial charge on any atom is -0.756 e. The van der Waals surface area contributed by atoms with E-state index in [-0.39, 0.29) is 32.0 Å². The molecule has 70 heavy (non-hydrogen) atoms. The number of quaternary nitrogens is 1. The SMILES string of the molecule is CC/C=C\C/C=C\C/C=C\C/C=C\CCCCCCCCCCCCCCCCCCCCCCCCCCCCC(=O)OC(COC(=O)CCCCCCCCC)COP(=O)([O-])OCC[N+](C)(C)C. The van der Waals surface area contributed by atoms with Crippen molar-refractivity contribution in [3.05, 3.63) is 48.6 Å². The van der Waals surface area contributed by atoms with Crippen molar-refractivity contribution in [3.63, 3.8) is 0 Å². The highest BCUT2D eigenvalue weighted by Crippen LogP contribution is 2.38. The summed E-state index contributed by atoms with van der Waals surface area (Å²) in [5, 5.41) is 0. The average molecular weight is 1010 g/mol. The highest BCUT2D eigenvalue weighted by Gasteiger charge is 2.22. The summed E-state index contributed by atoms with van der Waals surface area (Å²) in [6, 6.07) is 0. The van der Waals surface area contributed by atoms with Gasteiger partial charge in [-0.3, -0.25) is 14.2 Å². The molecule has 0 rings (SSSR count). The fourth-order valence-electron chi connectivity index (χ4n) is 8.36. The molecule has 2 unspecified atom stereocenters. The summed E-state index contributed by atoms with van der Waals surface area (Å²) in [6.45, 7) is 4.09. The second kappa shape index (κ2) is 51.9. The van der Waals surface area contributed by atoms with Crippen LogP contribution in [0.15, 0.2) is 48.6 Å². The number of phosphoric acid groups is 1. The van der Waals surface area contributed by atoms with Crippen molar-refractivity contribution in [2.45, 2.75) is 277 Å². The quantitative estimate of drug-likeness (QED) is 0.0195. The number of esters is 2. The summed E-state index contributed by atoms with van der Waals surface area (Å²) in [4.78, 5) is 37.5. The monoisotopic (exact) mass is 1010 g/mol. The van der Waals surface area contributed by atoms with Gasteiger partial charge in [-0.05, 0) is 51.4 Å². The van der Waals surface area contributed by atoms with Crippen molar-refractivity contribution in [3.8, 4) is 0 Å². The number of likely N-dealkylation sites (N-methyl/N-ethyl adjacent to an activating group) is 1. The summed E-state index contributed by atoms with van der Waals surface area (Å²) in [6.07, 6.45) is 65.1. The first-order valence-electron chi connectivity index (χ1n) is 29.3. The van der Waals surface area contributed by atoms with E-state index in [1.165, 1.54) is 180 Å². The van der Waals surface area contributed by atoms with Crippen LogP contribution < -0.4 is 4.89 Å². The number of allylic oxidation sites excluding steroid dienone is 8. The van der Waals surface area contributed by atoms with Crippen molar-refractivity contribution >= 4 is 19.8 Å². The molecule has 0 fully saturated rings. The van der Waals surface area contributed by atoms with Crippen LogP contribution in [0.25, 0.3) is 0 Å². The molecule has 0 N–H and O–H groups in total. The van der Waals surface area contributed by atoms with E-state index < -0.39 is 26.5 Å². The third-order valence-electron chi connectivity index (χ3n) is 12.9. The van der Waals surface area contributed by atoms with Gasteiger partial charge in [0.25, 0.3) is 7.82 Å². The van der Waals surface area contributed by atoms with Gasteiger partial charge in [-0.1, -0.05) is 255 Å². The molecule has 0 saturated heterocycles. The Bertz CT molecular complexity index is 1320. The molecular formula is C60H112NO8P. The van der Waals surface area contributed by atoms with Crippen molar-refractivity contribution < 1.29 is 42.1 Å². The molecule has 0 amide bonds. The maximum absolute atomic E-state index is 12.7. The van der Waals surface area contributed by atoms with Crippen LogP contribution >= 0.6 is 7.82 Å². The minimum absolute atomic E-state index is 0.0282. The van der Waals surface area contributed by atoms with E-state index in [2.05, 4.69) is 62.5 Å². The van der Waals surface area contributed by atoms with E-state index in [0.717, 1.165) is 57.8 Å². The van der Waals surface area contributed by atoms with Gasteiger partial charge in [0.2, 0.25) is 0 Å². The third-order valence-corrected chi connectivity index (χ3v) is 13.8. The average Bonchev–Trinajstić information content (AvgIpc) is 3.32. The second-order valence-electron chi connectivity index (χ2n) is 21.0. The van der Waals surface area contributed by atoms with Gasteiger partial charge in [-0.2, -0.15) is 0 Å². The van der Waals surface area contributed by atoms with Gasteiger partial charge in [-0.15, -0.1) is 0 Å². The number of hydrogen-bond acceptors (Lipinski definition) is 8. The molecule has 0 aromatic heterocycles. The van der Waals surface area contributed by atoms with Gasteiger partial charge < -0.3 is 27.9 Å². The van der Waals surface area contributed by atoms with E-state index in [1.54, 1.807) is 0 Å². The fourth-order valence-corrected chi connectivity index (χ4v) is 9.08. The molecule has 2 atom stereocenters. The molecule has 10 heteroatoms. The molecule has 0 bridgehead atoms. The zero-order chi connectivity index (χ0) is 51.3. The highest BCUT2D eigenvalue weighted by molar-refractivity contribution is 7.45. The van der Waals surface area contributed by atoms with Crippen molar-refractivity contribution in [2.75, 3.05) is 47.5 Å². The molecule has 0 aliphatic carbocycles. The van der Waals surface area contributed by atoms with Gasteiger partial charge in [0.15, 0.2) is 6.10 Å². The zero-order valence-electron chi connectivity index (χ0n) is 46.5.